The molecule has 158 valence electrons. The summed E-state index contributed by atoms with van der Waals surface area (Å²) in [7, 11) is 3.12. The maximum atomic E-state index is 14.4. The number of hydrogen-bond donors (Lipinski definition) is 0. The summed E-state index contributed by atoms with van der Waals surface area (Å²) in [6.07, 6.45) is 0.465. The van der Waals surface area contributed by atoms with E-state index in [4.69, 9.17) is 9.47 Å². The average Bonchev–Trinajstić information content (AvgIpc) is 3.24. The fraction of sp³-hybridized carbons (Fsp3) is 0.200. The summed E-state index contributed by atoms with van der Waals surface area (Å²) in [6.45, 7) is 2.01. The Morgan fingerprint density at radius 2 is 1.74 bits per heavy atom. The molecule has 0 aliphatic carbocycles. The fourth-order valence-electron chi connectivity index (χ4n) is 3.79. The van der Waals surface area contributed by atoms with Gasteiger partial charge in [0.25, 0.3) is 5.91 Å². The normalized spacial score (nSPS) is 15.5. The molecule has 0 saturated carbocycles. The molecule has 0 unspecified atom stereocenters. The number of carbonyl (C=O) groups excluding carboxylic acids is 1. The Balaban J connectivity index is 1.81. The van der Waals surface area contributed by atoms with Gasteiger partial charge < -0.3 is 9.47 Å². The van der Waals surface area contributed by atoms with Crippen molar-refractivity contribution < 1.29 is 18.7 Å². The van der Waals surface area contributed by atoms with Gasteiger partial charge in [0, 0.05) is 12.0 Å². The highest BCUT2D eigenvalue weighted by atomic mass is 19.1. The molecule has 0 fully saturated rings. The predicted octanol–water partition coefficient (Wildman–Crippen LogP) is 5.14. The summed E-state index contributed by atoms with van der Waals surface area (Å²) < 4.78 is 25.5. The molecule has 0 aromatic heterocycles. The van der Waals surface area contributed by atoms with Gasteiger partial charge in [0.1, 0.15) is 5.82 Å². The van der Waals surface area contributed by atoms with Crippen LogP contribution >= 0.6 is 0 Å². The first-order valence-electron chi connectivity index (χ1n) is 9.97. The third-order valence-electron chi connectivity index (χ3n) is 5.40. The van der Waals surface area contributed by atoms with Crippen molar-refractivity contribution in [2.24, 2.45) is 5.10 Å². The van der Waals surface area contributed by atoms with Crippen molar-refractivity contribution in [2.45, 2.75) is 19.4 Å². The molecule has 1 aliphatic heterocycles. The van der Waals surface area contributed by atoms with Gasteiger partial charge >= 0.3 is 0 Å². The fourth-order valence-corrected chi connectivity index (χ4v) is 3.79. The molecule has 0 N–H and O–H groups in total. The van der Waals surface area contributed by atoms with Gasteiger partial charge in [0.05, 0.1) is 31.5 Å². The van der Waals surface area contributed by atoms with E-state index in [0.29, 0.717) is 17.9 Å². The maximum Gasteiger partial charge on any atom is 0.277 e. The van der Waals surface area contributed by atoms with Gasteiger partial charge in [-0.2, -0.15) is 5.10 Å². The highest BCUT2D eigenvalue weighted by Gasteiger charge is 2.36. The molecule has 0 radical (unpaired) electrons. The molecule has 1 amide bonds. The Bertz CT molecular complexity index is 1140. The smallest absolute Gasteiger partial charge is 0.277 e. The van der Waals surface area contributed by atoms with Gasteiger partial charge in [-0.25, -0.2) is 9.40 Å². The highest BCUT2D eigenvalue weighted by molar-refractivity contribution is 6.05. The van der Waals surface area contributed by atoms with Crippen LogP contribution in [0.15, 0.2) is 71.8 Å². The molecule has 1 aliphatic rings. The van der Waals surface area contributed by atoms with E-state index in [1.165, 1.54) is 17.1 Å². The quantitative estimate of drug-likeness (QED) is 0.576. The number of hydrogen-bond acceptors (Lipinski definition) is 4. The molecule has 0 bridgehead atoms. The molecule has 1 heterocycles. The monoisotopic (exact) mass is 418 g/mol. The Kier molecular flexibility index (Phi) is 5.71. The van der Waals surface area contributed by atoms with Crippen molar-refractivity contribution in [1.82, 2.24) is 5.01 Å². The van der Waals surface area contributed by atoms with E-state index in [0.717, 1.165) is 22.4 Å². The number of halogens is 1. The maximum absolute atomic E-state index is 14.4. The van der Waals surface area contributed by atoms with E-state index in [9.17, 15) is 9.18 Å². The number of methoxy groups -OCH3 is 2. The van der Waals surface area contributed by atoms with Crippen LogP contribution in [0.2, 0.25) is 0 Å². The molecule has 3 aromatic carbocycles. The minimum atomic E-state index is -0.581. The lowest BCUT2D eigenvalue weighted by Gasteiger charge is -2.24. The van der Waals surface area contributed by atoms with E-state index >= 15 is 0 Å². The van der Waals surface area contributed by atoms with Crippen LogP contribution in [0.1, 0.15) is 39.5 Å². The van der Waals surface area contributed by atoms with E-state index in [2.05, 4.69) is 5.10 Å². The lowest BCUT2D eigenvalue weighted by atomic mass is 9.96. The molecule has 3 aromatic rings. The van der Waals surface area contributed by atoms with Crippen molar-refractivity contribution in [1.29, 1.82) is 0 Å². The number of hydrazone groups is 1. The van der Waals surface area contributed by atoms with Gasteiger partial charge in [0.2, 0.25) is 0 Å². The third-order valence-corrected chi connectivity index (χ3v) is 5.40. The highest BCUT2D eigenvalue weighted by Crippen LogP contribution is 2.42. The van der Waals surface area contributed by atoms with Crippen LogP contribution in [0.4, 0.5) is 4.39 Å². The molecular formula is C25H23FN2O3. The molecule has 31 heavy (non-hydrogen) atoms. The van der Waals surface area contributed by atoms with Crippen LogP contribution in [-0.2, 0) is 0 Å². The van der Waals surface area contributed by atoms with Gasteiger partial charge in [-0.15, -0.1) is 0 Å². The number of ether oxygens (including phenoxy) is 2. The minimum absolute atomic E-state index is 0.0248. The van der Waals surface area contributed by atoms with Crippen molar-refractivity contribution in [2.75, 3.05) is 14.2 Å². The summed E-state index contributed by atoms with van der Waals surface area (Å²) in [5.74, 6) is 0.00157. The Labute approximate surface area is 180 Å². The minimum Gasteiger partial charge on any atom is -0.493 e. The van der Waals surface area contributed by atoms with Crippen LogP contribution in [0.25, 0.3) is 0 Å². The molecule has 5 nitrogen and oxygen atoms in total. The third kappa shape index (κ3) is 3.89. The number of aryl methyl sites for hydroxylation is 1. The second-order valence-corrected chi connectivity index (χ2v) is 7.34. The number of nitrogens with zero attached hydrogens (tertiary/aromatic N) is 2. The number of carbonyl (C=O) groups is 1. The molecule has 4 rings (SSSR count). The van der Waals surface area contributed by atoms with Gasteiger partial charge in [-0.3, -0.25) is 4.79 Å². The number of para-hydroxylation sites is 1. The van der Waals surface area contributed by atoms with Crippen LogP contribution in [0.3, 0.4) is 0 Å². The predicted molar refractivity (Wildman–Crippen MR) is 117 cm³/mol. The summed E-state index contributed by atoms with van der Waals surface area (Å²) in [5.41, 5.74) is 3.52. The van der Waals surface area contributed by atoms with Gasteiger partial charge in [-0.1, -0.05) is 54.1 Å². The number of benzene rings is 3. The van der Waals surface area contributed by atoms with Crippen molar-refractivity contribution in [3.05, 3.63) is 94.8 Å². The second-order valence-electron chi connectivity index (χ2n) is 7.34. The van der Waals surface area contributed by atoms with E-state index in [1.54, 1.807) is 32.4 Å². The molecule has 0 saturated heterocycles. The number of amides is 1. The van der Waals surface area contributed by atoms with Gasteiger partial charge in [0.15, 0.2) is 11.5 Å². The first-order valence-corrected chi connectivity index (χ1v) is 9.97. The zero-order chi connectivity index (χ0) is 22.0. The summed E-state index contributed by atoms with van der Waals surface area (Å²) in [6, 6.07) is 18.9. The summed E-state index contributed by atoms with van der Waals surface area (Å²) >= 11 is 0. The Hall–Kier alpha value is -3.67. The molecule has 6 heteroatoms. The van der Waals surface area contributed by atoms with Gasteiger partial charge in [-0.05, 0) is 30.7 Å². The first-order chi connectivity index (χ1) is 15.0. The Morgan fingerprint density at radius 1 is 1.00 bits per heavy atom. The first kappa shape index (κ1) is 20.6. The average molecular weight is 418 g/mol. The largest absolute Gasteiger partial charge is 0.493 e. The van der Waals surface area contributed by atoms with Crippen LogP contribution in [0.5, 0.6) is 11.5 Å². The Morgan fingerprint density at radius 3 is 2.42 bits per heavy atom. The summed E-state index contributed by atoms with van der Waals surface area (Å²) in [5, 5.41) is 5.98. The SMILES string of the molecule is COc1cccc([C@@H]2CC(c3ccc(C)cc3)=NN2C(=O)c2ccccc2F)c1OC. The standard InChI is InChI=1S/C25H23FN2O3/c1-16-11-13-17(14-12-16)21-15-22(19-8-6-10-23(30-2)24(19)31-3)28(27-21)25(29)18-7-4-5-9-20(18)26/h4-14,22H,15H2,1-3H3/t22-/m0/s1. The second kappa shape index (κ2) is 8.60. The molecule has 0 spiro atoms. The molecule has 1 atom stereocenters. The van der Waals surface area contributed by atoms with E-state index in [-0.39, 0.29) is 5.56 Å². The van der Waals surface area contributed by atoms with E-state index < -0.39 is 17.8 Å². The molecular weight excluding hydrogens is 395 g/mol. The van der Waals surface area contributed by atoms with Crippen molar-refractivity contribution >= 4 is 11.6 Å². The van der Waals surface area contributed by atoms with Crippen LogP contribution in [-0.4, -0.2) is 30.8 Å². The lowest BCUT2D eigenvalue weighted by Crippen LogP contribution is -2.28. The van der Waals surface area contributed by atoms with E-state index in [1.807, 2.05) is 43.3 Å². The number of rotatable bonds is 5. The summed E-state index contributed by atoms with van der Waals surface area (Å²) in [4.78, 5) is 13.3. The van der Waals surface area contributed by atoms with Crippen LogP contribution in [0, 0.1) is 12.7 Å². The zero-order valence-corrected chi connectivity index (χ0v) is 17.6. The topological polar surface area (TPSA) is 51.1 Å². The zero-order valence-electron chi connectivity index (χ0n) is 17.6. The van der Waals surface area contributed by atoms with Crippen molar-refractivity contribution in [3.63, 3.8) is 0 Å². The van der Waals surface area contributed by atoms with Crippen LogP contribution < -0.4 is 9.47 Å². The lowest BCUT2D eigenvalue weighted by molar-refractivity contribution is 0.0704. The van der Waals surface area contributed by atoms with Crippen molar-refractivity contribution in [3.8, 4) is 11.5 Å².